The molecule has 0 spiro atoms. The van der Waals surface area contributed by atoms with E-state index in [9.17, 15) is 0 Å². The van der Waals surface area contributed by atoms with Gasteiger partial charge < -0.3 is 0 Å². The first-order valence-corrected chi connectivity index (χ1v) is 6.46. The van der Waals surface area contributed by atoms with Crippen LogP contribution in [-0.2, 0) is 0 Å². The van der Waals surface area contributed by atoms with Crippen LogP contribution in [-0.4, -0.2) is 14.8 Å². The van der Waals surface area contributed by atoms with Crippen molar-refractivity contribution in [1.82, 2.24) is 0 Å². The van der Waals surface area contributed by atoms with E-state index in [-0.39, 0.29) is 0 Å². The molecule has 0 saturated heterocycles. The molecule has 0 unspecified atom stereocenters. The molecule has 0 bridgehead atoms. The number of hydrogen-bond donors (Lipinski definition) is 2. The summed E-state index contributed by atoms with van der Waals surface area (Å²) in [6, 6.07) is 0. The normalized spacial score (nSPS) is 9.00. The van der Waals surface area contributed by atoms with Gasteiger partial charge in [-0.3, -0.25) is 0 Å². The van der Waals surface area contributed by atoms with Crippen molar-refractivity contribution in [3.05, 3.63) is 0 Å². The third-order valence-corrected chi connectivity index (χ3v) is 0. The summed E-state index contributed by atoms with van der Waals surface area (Å²) in [4.78, 5) is 0. The predicted octanol–water partition coefficient (Wildman–Crippen LogP) is -1.25. The van der Waals surface area contributed by atoms with E-state index >= 15 is 0 Å². The molecule has 0 aliphatic rings. The van der Waals surface area contributed by atoms with E-state index in [1.54, 1.807) is 0 Å². The van der Waals surface area contributed by atoms with Crippen LogP contribution in [0.15, 0.2) is 0 Å². The van der Waals surface area contributed by atoms with Crippen molar-refractivity contribution >= 4 is 14.8 Å². The van der Waals surface area contributed by atoms with Gasteiger partial charge in [-0.25, -0.2) is 0 Å². The van der Waals surface area contributed by atoms with Crippen LogP contribution in [0.3, 0.4) is 0 Å². The quantitative estimate of drug-likeness (QED) is 0.393. The summed E-state index contributed by atoms with van der Waals surface area (Å²) in [5, 5.41) is 0. The zero-order chi connectivity index (χ0) is 3.58. The zero-order valence-corrected chi connectivity index (χ0v) is 5.15. The molecule has 0 aromatic heterocycles. The van der Waals surface area contributed by atoms with Crippen molar-refractivity contribution in [1.29, 1.82) is 0 Å². The van der Waals surface area contributed by atoms with Crippen LogP contribution in [0, 0.1) is 0 Å². The van der Waals surface area contributed by atoms with Crippen LogP contribution in [0.1, 0.15) is 0 Å². The zero-order valence-electron chi connectivity index (χ0n) is 2.73. The number of hydrogen-bond acceptors (Lipinski definition) is 2. The Morgan fingerprint density at radius 1 is 1.50 bits per heavy atom. The Labute approximate surface area is 30.7 Å². The molecule has 0 aliphatic carbocycles. The van der Waals surface area contributed by atoms with Crippen molar-refractivity contribution in [3.63, 3.8) is 0 Å². The van der Waals surface area contributed by atoms with Gasteiger partial charge in [-0.1, -0.05) is 0 Å². The number of rotatable bonds is 0. The van der Waals surface area contributed by atoms with Crippen LogP contribution in [0.5, 0.6) is 0 Å². The van der Waals surface area contributed by atoms with E-state index in [0.717, 1.165) is 0 Å². The SMILES string of the molecule is [CH3][GeH]([NH2])[NH2]. The minimum absolute atomic E-state index is 1.48. The van der Waals surface area contributed by atoms with Gasteiger partial charge in [0.25, 0.3) is 0 Å². The molecule has 0 heterocycles. The van der Waals surface area contributed by atoms with Crippen LogP contribution < -0.4 is 9.38 Å². The summed E-state index contributed by atoms with van der Waals surface area (Å²) < 4.78 is 10.2. The van der Waals surface area contributed by atoms with Gasteiger partial charge in [0.05, 0.1) is 0 Å². The summed E-state index contributed by atoms with van der Waals surface area (Å²) in [5.74, 6) is 1.91. The van der Waals surface area contributed by atoms with Crippen LogP contribution in [0.2, 0.25) is 5.76 Å². The van der Waals surface area contributed by atoms with Crippen LogP contribution >= 0.6 is 0 Å². The Kier molecular flexibility index (Phi) is 1.95. The van der Waals surface area contributed by atoms with Gasteiger partial charge in [0, 0.05) is 0 Å². The third-order valence-electron chi connectivity index (χ3n) is 0. The van der Waals surface area contributed by atoms with Gasteiger partial charge in [0.15, 0.2) is 0 Å². The van der Waals surface area contributed by atoms with E-state index in [0.29, 0.717) is 0 Å². The van der Waals surface area contributed by atoms with Gasteiger partial charge in [-0.15, -0.1) is 0 Å². The molecule has 26 valence electrons. The Bertz CT molecular complexity index is 10.8. The molecule has 4 heavy (non-hydrogen) atoms. The van der Waals surface area contributed by atoms with Crippen LogP contribution in [0.4, 0.5) is 0 Å². The van der Waals surface area contributed by atoms with Crippen molar-refractivity contribution in [2.24, 2.45) is 9.38 Å². The van der Waals surface area contributed by atoms with Gasteiger partial charge in [-0.2, -0.15) is 0 Å². The predicted molar refractivity (Wildman–Crippen MR) is 21.4 cm³/mol. The summed E-state index contributed by atoms with van der Waals surface area (Å²) in [6.45, 7) is 0. The van der Waals surface area contributed by atoms with E-state index in [2.05, 4.69) is 0 Å². The maximum atomic E-state index is 5.08. The van der Waals surface area contributed by atoms with E-state index < -0.39 is 14.8 Å². The standard InChI is InChI=1S/CH8GeN2/c1-2(3)4/h2H,3-4H2,1H3. The molecule has 3 heteroatoms. The van der Waals surface area contributed by atoms with Crippen molar-refractivity contribution in [2.45, 2.75) is 5.76 Å². The minimum atomic E-state index is -1.48. The van der Waals surface area contributed by atoms with Crippen molar-refractivity contribution in [2.75, 3.05) is 0 Å². The van der Waals surface area contributed by atoms with E-state index in [4.69, 9.17) is 9.38 Å². The monoisotopic (exact) mass is 122 g/mol. The molecule has 2 nitrogen and oxygen atoms in total. The second-order valence-corrected chi connectivity index (χ2v) is 4.46. The van der Waals surface area contributed by atoms with Crippen molar-refractivity contribution in [3.8, 4) is 0 Å². The Morgan fingerprint density at radius 3 is 1.50 bits per heavy atom. The average molecular weight is 121 g/mol. The third kappa shape index (κ3) is 24.6. The molecule has 0 saturated carbocycles. The first kappa shape index (κ1) is 4.46. The van der Waals surface area contributed by atoms with Gasteiger partial charge in [0.1, 0.15) is 0 Å². The maximum absolute atomic E-state index is 5.08. The Hall–Kier alpha value is 0.463. The molecule has 4 N–H and O–H groups in total. The fourth-order valence-electron chi connectivity index (χ4n) is 0. The number of nitrogens with two attached hydrogens (primary N) is 2. The summed E-state index contributed by atoms with van der Waals surface area (Å²) in [6.07, 6.45) is 0. The average Bonchev–Trinajstić information content (AvgIpc) is 0.811. The van der Waals surface area contributed by atoms with Gasteiger partial charge in [0.2, 0.25) is 0 Å². The van der Waals surface area contributed by atoms with Gasteiger partial charge >= 0.3 is 29.9 Å². The van der Waals surface area contributed by atoms with Crippen molar-refractivity contribution < 1.29 is 0 Å². The fourth-order valence-corrected chi connectivity index (χ4v) is 0. The molecule has 0 fully saturated rings. The molecule has 0 atom stereocenters. The summed E-state index contributed by atoms with van der Waals surface area (Å²) >= 11 is -1.48. The molecule has 0 aromatic rings. The second-order valence-electron chi connectivity index (χ2n) is 0.859. The summed E-state index contributed by atoms with van der Waals surface area (Å²) in [5.41, 5.74) is 0. The molecular weight excluding hydrogens is 113 g/mol. The second kappa shape index (κ2) is 1.75. The molecule has 0 radical (unpaired) electrons. The van der Waals surface area contributed by atoms with E-state index in [1.807, 2.05) is 5.76 Å². The topological polar surface area (TPSA) is 52.0 Å². The molecular formula is CH8GeN2. The first-order valence-electron chi connectivity index (χ1n) is 1.24. The summed E-state index contributed by atoms with van der Waals surface area (Å²) in [7, 11) is 0. The first-order chi connectivity index (χ1) is 1.73. The fraction of sp³-hybridized carbons (Fsp3) is 1.00. The Balaban J connectivity index is 2.32. The molecule has 0 rings (SSSR count). The Morgan fingerprint density at radius 2 is 1.50 bits per heavy atom. The van der Waals surface area contributed by atoms with E-state index in [1.165, 1.54) is 0 Å². The van der Waals surface area contributed by atoms with Gasteiger partial charge in [-0.05, 0) is 0 Å². The molecule has 0 aromatic carbocycles. The molecule has 0 amide bonds. The molecule has 0 aliphatic heterocycles. The van der Waals surface area contributed by atoms with Crippen LogP contribution in [0.25, 0.3) is 0 Å².